The van der Waals surface area contributed by atoms with Gasteiger partial charge in [-0.2, -0.15) is 11.8 Å². The van der Waals surface area contributed by atoms with Crippen molar-refractivity contribution in [1.82, 2.24) is 0 Å². The highest BCUT2D eigenvalue weighted by Gasteiger charge is 2.23. The molecule has 0 aromatic rings. The largest absolute Gasteiger partial charge is 0.239 e. The van der Waals surface area contributed by atoms with Gasteiger partial charge in [0.2, 0.25) is 0 Å². The first-order valence-corrected chi connectivity index (χ1v) is 10.2. The van der Waals surface area contributed by atoms with E-state index in [0.29, 0.717) is 5.25 Å². The molecule has 1 unspecified atom stereocenters. The summed E-state index contributed by atoms with van der Waals surface area (Å²) in [5.41, 5.74) is 1.71. The molecule has 0 nitrogen and oxygen atoms in total. The molecule has 0 aromatic heterocycles. The van der Waals surface area contributed by atoms with Gasteiger partial charge in [-0.25, -0.2) is 4.39 Å². The summed E-state index contributed by atoms with van der Waals surface area (Å²) in [6, 6.07) is 0. The molecular weight excluding hydrogens is 303 g/mol. The fourth-order valence-electron chi connectivity index (χ4n) is 2.19. The van der Waals surface area contributed by atoms with Gasteiger partial charge in [0, 0.05) is 5.25 Å². The van der Waals surface area contributed by atoms with Crippen molar-refractivity contribution in [3.63, 3.8) is 0 Å². The molecule has 0 fully saturated rings. The number of allylic oxidation sites excluding steroid dienone is 5. The van der Waals surface area contributed by atoms with Gasteiger partial charge in [-0.15, -0.1) is 0 Å². The van der Waals surface area contributed by atoms with E-state index in [2.05, 4.69) is 46.1 Å². The van der Waals surface area contributed by atoms with Crippen LogP contribution >= 0.6 is 11.8 Å². The quantitative estimate of drug-likeness (QED) is 0.404. The van der Waals surface area contributed by atoms with Crippen LogP contribution in [0.2, 0.25) is 0 Å². The minimum atomic E-state index is -1.30. The number of hydrogen-bond donors (Lipinski definition) is 0. The number of hydrogen-bond acceptors (Lipinski definition) is 1. The number of rotatable bonds is 8. The van der Waals surface area contributed by atoms with Gasteiger partial charge < -0.3 is 0 Å². The lowest BCUT2D eigenvalue weighted by Gasteiger charge is -2.21. The highest BCUT2D eigenvalue weighted by atomic mass is 32.2. The van der Waals surface area contributed by atoms with E-state index < -0.39 is 5.67 Å². The van der Waals surface area contributed by atoms with Crippen LogP contribution in [0.1, 0.15) is 81.1 Å². The molecule has 0 aliphatic carbocycles. The Kier molecular flexibility index (Phi) is 15.0. The van der Waals surface area contributed by atoms with Gasteiger partial charge in [0.05, 0.1) is 0 Å². The Labute approximate surface area is 149 Å². The van der Waals surface area contributed by atoms with Gasteiger partial charge in [0.1, 0.15) is 5.67 Å². The molecule has 136 valence electrons. The summed E-state index contributed by atoms with van der Waals surface area (Å²) in [5.74, 6) is 0. The minimum Gasteiger partial charge on any atom is -0.239 e. The van der Waals surface area contributed by atoms with Gasteiger partial charge in [-0.1, -0.05) is 63.8 Å². The fourth-order valence-corrected chi connectivity index (χ4v) is 2.53. The molecule has 0 aliphatic heterocycles. The summed E-state index contributed by atoms with van der Waals surface area (Å²) >= 11 is 1.77. The predicted octanol–water partition coefficient (Wildman–Crippen LogP) is 7.91. The Balaban J connectivity index is 0. The second-order valence-corrected chi connectivity index (χ2v) is 7.61. The molecule has 2 heteroatoms. The first kappa shape index (κ1) is 24.7. The van der Waals surface area contributed by atoms with Crippen molar-refractivity contribution in [2.75, 3.05) is 6.26 Å². The normalized spacial score (nSPS) is 15.1. The molecule has 0 amide bonds. The van der Waals surface area contributed by atoms with Gasteiger partial charge in [-0.3, -0.25) is 0 Å². The second kappa shape index (κ2) is 13.9. The van der Waals surface area contributed by atoms with Crippen LogP contribution in [-0.4, -0.2) is 17.2 Å². The number of thioether (sulfide) groups is 1. The predicted molar refractivity (Wildman–Crippen MR) is 109 cm³/mol. The monoisotopic (exact) mass is 342 g/mol. The smallest absolute Gasteiger partial charge is 0.130 e. The van der Waals surface area contributed by atoms with Crippen LogP contribution in [-0.2, 0) is 0 Å². The number of halogens is 1. The lowest BCUT2D eigenvalue weighted by atomic mass is 9.90. The Hall–Kier alpha value is -0.500. The van der Waals surface area contributed by atoms with Crippen LogP contribution in [0.5, 0.6) is 0 Å². The van der Waals surface area contributed by atoms with Crippen molar-refractivity contribution in [2.45, 2.75) is 92.0 Å². The van der Waals surface area contributed by atoms with Crippen LogP contribution in [0.25, 0.3) is 0 Å². The molecule has 1 atom stereocenters. The molecule has 0 saturated heterocycles. The Bertz CT molecular complexity index is 381. The molecular formula is C21H39FS. The Morgan fingerprint density at radius 3 is 1.96 bits per heavy atom. The molecule has 23 heavy (non-hydrogen) atoms. The number of unbranched alkanes of at least 4 members (excludes halogenated alkanes) is 2. The maximum absolute atomic E-state index is 14.3. The molecule has 0 heterocycles. The summed E-state index contributed by atoms with van der Waals surface area (Å²) in [6.07, 6.45) is 13.3. The average Bonchev–Trinajstić information content (AvgIpc) is 2.48. The average molecular weight is 343 g/mol. The first-order valence-electron chi connectivity index (χ1n) is 8.95. The maximum Gasteiger partial charge on any atom is 0.130 e. The van der Waals surface area contributed by atoms with E-state index >= 15 is 0 Å². The zero-order chi connectivity index (χ0) is 18.5. The molecule has 0 aliphatic rings. The summed E-state index contributed by atoms with van der Waals surface area (Å²) in [5, 5.41) is 0.409. The molecule has 0 N–H and O–H groups in total. The second-order valence-electron chi connectivity index (χ2n) is 6.39. The van der Waals surface area contributed by atoms with E-state index in [1.54, 1.807) is 25.6 Å². The third-order valence-electron chi connectivity index (χ3n) is 3.74. The molecule has 0 spiro atoms. The summed E-state index contributed by atoms with van der Waals surface area (Å²) in [4.78, 5) is 0. The van der Waals surface area contributed by atoms with Crippen LogP contribution < -0.4 is 0 Å². The molecule has 0 rings (SSSR count). The van der Waals surface area contributed by atoms with Crippen molar-refractivity contribution in [3.05, 3.63) is 34.9 Å². The van der Waals surface area contributed by atoms with Crippen molar-refractivity contribution < 1.29 is 4.39 Å². The topological polar surface area (TPSA) is 0 Å². The van der Waals surface area contributed by atoms with Crippen LogP contribution in [0.3, 0.4) is 0 Å². The standard InChI is InChI=1S/C16H27FS.C5H12/c1-8-14(9-2)11-15(16(5,6)17)12(3)10-13(4)18-7;1-3-5-4-2/h8,10-11,13H,9H2,1-7H3;3-5H2,1-2H3/b12-10+,14-8-,15-11+;. The molecule has 0 aromatic carbocycles. The first-order chi connectivity index (χ1) is 10.7. The van der Waals surface area contributed by atoms with Gasteiger partial charge in [0.25, 0.3) is 0 Å². The summed E-state index contributed by atoms with van der Waals surface area (Å²) in [7, 11) is 0. The SMILES string of the molecule is CCCCC.C\C=C(/C=C(\C(C)=C\C(C)SC)C(C)(C)F)CC. The van der Waals surface area contributed by atoms with Gasteiger partial charge in [0.15, 0.2) is 0 Å². The Morgan fingerprint density at radius 1 is 1.17 bits per heavy atom. The van der Waals surface area contributed by atoms with Crippen molar-refractivity contribution in [1.29, 1.82) is 0 Å². The lowest BCUT2D eigenvalue weighted by Crippen LogP contribution is -2.17. The van der Waals surface area contributed by atoms with E-state index in [1.165, 1.54) is 24.8 Å². The zero-order valence-electron chi connectivity index (χ0n) is 16.9. The highest BCUT2D eigenvalue weighted by Crippen LogP contribution is 2.30. The van der Waals surface area contributed by atoms with E-state index in [4.69, 9.17) is 0 Å². The lowest BCUT2D eigenvalue weighted by molar-refractivity contribution is 0.271. The zero-order valence-corrected chi connectivity index (χ0v) is 17.7. The van der Waals surface area contributed by atoms with Crippen molar-refractivity contribution in [2.24, 2.45) is 0 Å². The van der Waals surface area contributed by atoms with E-state index in [9.17, 15) is 4.39 Å². The minimum absolute atomic E-state index is 0.409. The van der Waals surface area contributed by atoms with E-state index in [1.807, 2.05) is 19.9 Å². The van der Waals surface area contributed by atoms with E-state index in [0.717, 1.165) is 17.6 Å². The maximum atomic E-state index is 14.3. The molecule has 0 bridgehead atoms. The summed E-state index contributed by atoms with van der Waals surface area (Å²) < 4.78 is 14.3. The van der Waals surface area contributed by atoms with Crippen molar-refractivity contribution >= 4 is 11.8 Å². The van der Waals surface area contributed by atoms with E-state index in [-0.39, 0.29) is 0 Å². The molecule has 0 saturated carbocycles. The van der Waals surface area contributed by atoms with Gasteiger partial charge >= 0.3 is 0 Å². The Morgan fingerprint density at radius 2 is 1.70 bits per heavy atom. The van der Waals surface area contributed by atoms with Crippen LogP contribution in [0.15, 0.2) is 34.9 Å². The van der Waals surface area contributed by atoms with Gasteiger partial charge in [-0.05, 0) is 58.4 Å². The molecule has 0 radical (unpaired) electrons. The third-order valence-corrected chi connectivity index (χ3v) is 4.62. The highest BCUT2D eigenvalue weighted by molar-refractivity contribution is 7.99. The van der Waals surface area contributed by atoms with Crippen LogP contribution in [0.4, 0.5) is 4.39 Å². The fraction of sp³-hybridized carbons (Fsp3) is 0.714. The van der Waals surface area contributed by atoms with Crippen LogP contribution in [0, 0.1) is 0 Å². The third kappa shape index (κ3) is 12.6. The summed E-state index contributed by atoms with van der Waals surface area (Å²) in [6.45, 7) is 15.9. The van der Waals surface area contributed by atoms with Crippen molar-refractivity contribution in [3.8, 4) is 0 Å². The number of alkyl halides is 1.